The van der Waals surface area contributed by atoms with Crippen molar-refractivity contribution in [2.24, 2.45) is 5.73 Å². The summed E-state index contributed by atoms with van der Waals surface area (Å²) >= 11 is 0. The average molecular weight is 179 g/mol. The topological polar surface area (TPSA) is 52.3 Å². The molecule has 0 fully saturated rings. The van der Waals surface area contributed by atoms with Crippen LogP contribution in [-0.4, -0.2) is 35.0 Å². The Morgan fingerprint density at radius 3 is 2.55 bits per heavy atom. The number of nitrogens with two attached hydrogens (primary N) is 1. The third-order valence-corrected chi connectivity index (χ3v) is 2.75. The van der Waals surface area contributed by atoms with Gasteiger partial charge in [0.05, 0.1) is 11.9 Å². The number of hydrogen-bond donors (Lipinski definition) is 1. The van der Waals surface area contributed by atoms with E-state index in [0.29, 0.717) is 24.7 Å². The van der Waals surface area contributed by atoms with Crippen molar-refractivity contribution in [2.45, 2.75) is 20.0 Å². The summed E-state index contributed by atoms with van der Waals surface area (Å²) in [6.45, 7) is 4.91. The molecule has 0 amide bonds. The van der Waals surface area contributed by atoms with E-state index in [4.69, 9.17) is 10.5 Å². The van der Waals surface area contributed by atoms with E-state index in [-0.39, 0.29) is 6.10 Å². The second kappa shape index (κ2) is 6.76. The van der Waals surface area contributed by atoms with Crippen LogP contribution in [-0.2, 0) is 15.5 Å². The molecule has 11 heavy (non-hydrogen) atoms. The minimum atomic E-state index is -0.763. The van der Waals surface area contributed by atoms with Gasteiger partial charge in [-0.15, -0.1) is 0 Å². The van der Waals surface area contributed by atoms with E-state index in [1.54, 1.807) is 0 Å². The average Bonchev–Trinajstić information content (AvgIpc) is 2.03. The second-order valence-electron chi connectivity index (χ2n) is 2.21. The van der Waals surface area contributed by atoms with Gasteiger partial charge in [0.2, 0.25) is 0 Å². The molecule has 0 aromatic carbocycles. The monoisotopic (exact) mass is 179 g/mol. The van der Waals surface area contributed by atoms with Crippen molar-refractivity contribution >= 4 is 10.8 Å². The van der Waals surface area contributed by atoms with Gasteiger partial charge >= 0.3 is 0 Å². The number of hydrogen-bond acceptors (Lipinski definition) is 3. The first-order valence-electron chi connectivity index (χ1n) is 3.91. The molecule has 2 atom stereocenters. The van der Waals surface area contributed by atoms with E-state index >= 15 is 0 Å². The Morgan fingerprint density at radius 1 is 1.55 bits per heavy atom. The fraction of sp³-hybridized carbons (Fsp3) is 1.00. The molecule has 0 radical (unpaired) electrons. The predicted octanol–water partition coefficient (Wildman–Crippen LogP) is 0.119. The first-order chi connectivity index (χ1) is 5.24. The molecule has 0 spiro atoms. The lowest BCUT2D eigenvalue weighted by molar-refractivity contribution is 0.0852. The molecule has 2 unspecified atom stereocenters. The summed E-state index contributed by atoms with van der Waals surface area (Å²) in [6.07, 6.45) is -0.0271. The summed E-state index contributed by atoms with van der Waals surface area (Å²) in [6, 6.07) is 0. The summed E-state index contributed by atoms with van der Waals surface area (Å²) in [7, 11) is -0.763. The van der Waals surface area contributed by atoms with Crippen molar-refractivity contribution in [1.82, 2.24) is 0 Å². The molecular formula is C7H17NO2S. The summed E-state index contributed by atoms with van der Waals surface area (Å²) in [4.78, 5) is 0. The zero-order valence-electron chi connectivity index (χ0n) is 7.21. The minimum Gasteiger partial charge on any atom is -0.376 e. The minimum absolute atomic E-state index is 0.0271. The van der Waals surface area contributed by atoms with Crippen molar-refractivity contribution in [3.05, 3.63) is 0 Å². The Hall–Kier alpha value is 0.0700. The van der Waals surface area contributed by atoms with Crippen LogP contribution in [0.4, 0.5) is 0 Å². The zero-order valence-corrected chi connectivity index (χ0v) is 8.02. The van der Waals surface area contributed by atoms with E-state index < -0.39 is 10.8 Å². The number of rotatable bonds is 6. The molecule has 0 aliphatic heterocycles. The standard InChI is InChI=1S/C7H17NO2S/c1-3-10-7(5-8)6-11(9)4-2/h7H,3-6,8H2,1-2H3. The third kappa shape index (κ3) is 5.35. The third-order valence-electron chi connectivity index (χ3n) is 1.36. The molecule has 0 aromatic heterocycles. The highest BCUT2D eigenvalue weighted by Crippen LogP contribution is 1.93. The zero-order chi connectivity index (χ0) is 8.69. The van der Waals surface area contributed by atoms with Crippen LogP contribution in [0.2, 0.25) is 0 Å². The lowest BCUT2D eigenvalue weighted by Gasteiger charge is -2.13. The highest BCUT2D eigenvalue weighted by molar-refractivity contribution is 7.84. The highest BCUT2D eigenvalue weighted by Gasteiger charge is 2.08. The molecule has 4 heteroatoms. The normalized spacial score (nSPS) is 16.3. The van der Waals surface area contributed by atoms with Gasteiger partial charge in [0.1, 0.15) is 0 Å². The fourth-order valence-corrected chi connectivity index (χ4v) is 1.63. The van der Waals surface area contributed by atoms with Gasteiger partial charge in [-0.1, -0.05) is 6.92 Å². The molecule has 0 saturated heterocycles. The van der Waals surface area contributed by atoms with E-state index in [1.807, 2.05) is 13.8 Å². The summed E-state index contributed by atoms with van der Waals surface area (Å²) in [5.74, 6) is 1.25. The second-order valence-corrected chi connectivity index (χ2v) is 4.00. The molecular weight excluding hydrogens is 162 g/mol. The Kier molecular flexibility index (Phi) is 6.80. The Balaban J connectivity index is 3.58. The van der Waals surface area contributed by atoms with Crippen molar-refractivity contribution in [1.29, 1.82) is 0 Å². The Labute approximate surface area is 70.8 Å². The van der Waals surface area contributed by atoms with E-state index in [0.717, 1.165) is 0 Å². The van der Waals surface area contributed by atoms with Gasteiger partial charge < -0.3 is 10.5 Å². The molecule has 0 bridgehead atoms. The van der Waals surface area contributed by atoms with Crippen LogP contribution in [0.25, 0.3) is 0 Å². The van der Waals surface area contributed by atoms with Crippen LogP contribution in [0.15, 0.2) is 0 Å². The van der Waals surface area contributed by atoms with Crippen molar-refractivity contribution in [2.75, 3.05) is 24.7 Å². The molecule has 3 nitrogen and oxygen atoms in total. The largest absolute Gasteiger partial charge is 0.376 e. The van der Waals surface area contributed by atoms with Gasteiger partial charge in [-0.2, -0.15) is 0 Å². The van der Waals surface area contributed by atoms with E-state index in [2.05, 4.69) is 0 Å². The Morgan fingerprint density at radius 2 is 2.18 bits per heavy atom. The van der Waals surface area contributed by atoms with Crippen LogP contribution < -0.4 is 5.73 Å². The van der Waals surface area contributed by atoms with Gasteiger partial charge in [-0.25, -0.2) is 0 Å². The Bertz CT molecular complexity index is 119. The van der Waals surface area contributed by atoms with Crippen LogP contribution in [0.1, 0.15) is 13.8 Å². The molecule has 0 aromatic rings. The van der Waals surface area contributed by atoms with Gasteiger partial charge in [-0.3, -0.25) is 4.21 Å². The summed E-state index contributed by atoms with van der Waals surface area (Å²) in [5.41, 5.74) is 5.40. The fourth-order valence-electron chi connectivity index (χ4n) is 0.745. The molecule has 0 saturated carbocycles. The van der Waals surface area contributed by atoms with Crippen LogP contribution >= 0.6 is 0 Å². The lowest BCUT2D eigenvalue weighted by Crippen LogP contribution is -2.29. The van der Waals surface area contributed by atoms with Crippen molar-refractivity contribution < 1.29 is 8.95 Å². The summed E-state index contributed by atoms with van der Waals surface area (Å²) < 4.78 is 16.3. The van der Waals surface area contributed by atoms with Crippen LogP contribution in [0, 0.1) is 0 Å². The molecule has 0 aliphatic rings. The molecule has 68 valence electrons. The molecule has 0 heterocycles. The van der Waals surface area contributed by atoms with Gasteiger partial charge in [0, 0.05) is 29.7 Å². The van der Waals surface area contributed by atoms with Crippen molar-refractivity contribution in [3.63, 3.8) is 0 Å². The maximum Gasteiger partial charge on any atom is 0.0812 e. The van der Waals surface area contributed by atoms with Crippen LogP contribution in [0.5, 0.6) is 0 Å². The maximum atomic E-state index is 11.0. The molecule has 2 N–H and O–H groups in total. The van der Waals surface area contributed by atoms with E-state index in [1.165, 1.54) is 0 Å². The first-order valence-corrected chi connectivity index (χ1v) is 5.40. The predicted molar refractivity (Wildman–Crippen MR) is 48.0 cm³/mol. The number of ether oxygens (including phenoxy) is 1. The summed E-state index contributed by atoms with van der Waals surface area (Å²) in [5, 5.41) is 0. The quantitative estimate of drug-likeness (QED) is 0.630. The van der Waals surface area contributed by atoms with Gasteiger partial charge in [0.25, 0.3) is 0 Å². The van der Waals surface area contributed by atoms with Crippen molar-refractivity contribution in [3.8, 4) is 0 Å². The lowest BCUT2D eigenvalue weighted by atomic mass is 10.4. The molecule has 0 aliphatic carbocycles. The van der Waals surface area contributed by atoms with Gasteiger partial charge in [-0.05, 0) is 6.92 Å². The van der Waals surface area contributed by atoms with E-state index in [9.17, 15) is 4.21 Å². The maximum absolute atomic E-state index is 11.0. The van der Waals surface area contributed by atoms with Crippen LogP contribution in [0.3, 0.4) is 0 Å². The van der Waals surface area contributed by atoms with Gasteiger partial charge in [0.15, 0.2) is 0 Å². The SMILES string of the molecule is CCOC(CN)CS(=O)CC. The smallest absolute Gasteiger partial charge is 0.0812 e. The molecule has 0 rings (SSSR count). The highest BCUT2D eigenvalue weighted by atomic mass is 32.2. The first kappa shape index (κ1) is 11.1.